The molecule has 2 bridgehead atoms. The summed E-state index contributed by atoms with van der Waals surface area (Å²) in [6.07, 6.45) is 10.6. The molecule has 1 amide bonds. The third-order valence-corrected chi connectivity index (χ3v) is 5.55. The molecule has 0 aromatic heterocycles. The molecular weight excluding hydrogens is 266 g/mol. The summed E-state index contributed by atoms with van der Waals surface area (Å²) < 4.78 is 0. The van der Waals surface area contributed by atoms with Gasteiger partial charge in [-0.15, -0.1) is 0 Å². The van der Waals surface area contributed by atoms with E-state index >= 15 is 0 Å². The molecular formula is C17H21NOS. The number of fused-ring (bicyclic) bond motifs is 2. The summed E-state index contributed by atoms with van der Waals surface area (Å²) in [5, 5.41) is 0.745. The summed E-state index contributed by atoms with van der Waals surface area (Å²) >= 11 is 1.96. The number of nitrogens with zero attached hydrogens (tertiary/aromatic N) is 1. The van der Waals surface area contributed by atoms with Gasteiger partial charge in [-0.25, -0.2) is 0 Å². The van der Waals surface area contributed by atoms with Crippen LogP contribution in [0.2, 0.25) is 0 Å². The summed E-state index contributed by atoms with van der Waals surface area (Å²) in [5.74, 6) is 0.195. The average molecular weight is 287 g/mol. The monoisotopic (exact) mass is 287 g/mol. The van der Waals surface area contributed by atoms with Gasteiger partial charge in [0.1, 0.15) is 0 Å². The minimum absolute atomic E-state index is 0.195. The fourth-order valence-corrected chi connectivity index (χ4v) is 4.33. The summed E-state index contributed by atoms with van der Waals surface area (Å²) in [6.45, 7) is 0. The molecule has 1 aromatic rings. The molecule has 0 spiro atoms. The summed E-state index contributed by atoms with van der Waals surface area (Å²) in [7, 11) is 0. The molecule has 2 heterocycles. The van der Waals surface area contributed by atoms with E-state index in [0.29, 0.717) is 12.1 Å². The van der Waals surface area contributed by atoms with Crippen molar-refractivity contribution in [3.05, 3.63) is 42.0 Å². The highest BCUT2D eigenvalue weighted by atomic mass is 32.2. The Morgan fingerprint density at radius 2 is 1.85 bits per heavy atom. The number of benzene rings is 1. The van der Waals surface area contributed by atoms with E-state index in [2.05, 4.69) is 11.2 Å². The van der Waals surface area contributed by atoms with Gasteiger partial charge >= 0.3 is 0 Å². The Hall–Kier alpha value is -1.22. The first-order valence-electron chi connectivity index (χ1n) is 7.36. The van der Waals surface area contributed by atoms with Gasteiger partial charge in [0.05, 0.1) is 0 Å². The Morgan fingerprint density at radius 1 is 1.20 bits per heavy atom. The van der Waals surface area contributed by atoms with Crippen LogP contribution in [0.15, 0.2) is 36.4 Å². The third kappa shape index (κ3) is 2.78. The van der Waals surface area contributed by atoms with Crippen LogP contribution in [-0.2, 0) is 4.79 Å². The van der Waals surface area contributed by atoms with Crippen molar-refractivity contribution in [1.82, 2.24) is 4.90 Å². The van der Waals surface area contributed by atoms with Gasteiger partial charge in [-0.2, -0.15) is 11.8 Å². The van der Waals surface area contributed by atoms with Crippen molar-refractivity contribution in [3.63, 3.8) is 0 Å². The molecule has 2 aliphatic rings. The van der Waals surface area contributed by atoms with E-state index in [4.69, 9.17) is 0 Å². The Balaban J connectivity index is 1.68. The number of thioether (sulfide) groups is 1. The third-order valence-electron chi connectivity index (χ3n) is 4.50. The van der Waals surface area contributed by atoms with E-state index in [0.717, 1.165) is 10.8 Å². The summed E-state index contributed by atoms with van der Waals surface area (Å²) in [4.78, 5) is 14.6. The predicted molar refractivity (Wildman–Crippen MR) is 85.7 cm³/mol. The summed E-state index contributed by atoms with van der Waals surface area (Å²) in [6, 6.07) is 11.0. The highest BCUT2D eigenvalue weighted by Gasteiger charge is 2.42. The largest absolute Gasteiger partial charge is 0.333 e. The molecule has 1 unspecified atom stereocenters. The topological polar surface area (TPSA) is 20.3 Å². The van der Waals surface area contributed by atoms with Crippen LogP contribution in [-0.4, -0.2) is 34.4 Å². The normalized spacial score (nSPS) is 29.1. The lowest BCUT2D eigenvalue weighted by atomic mass is 10.0. The molecule has 3 rings (SSSR count). The fraction of sp³-hybridized carbons (Fsp3) is 0.471. The van der Waals surface area contributed by atoms with Crippen LogP contribution in [0.25, 0.3) is 6.08 Å². The SMILES string of the molecule is CSC1C[C@H]2CC[C@@H](C1)N2C(=O)/C=C/c1ccccc1. The Bertz CT molecular complexity index is 485. The molecule has 106 valence electrons. The van der Waals surface area contributed by atoms with Crippen molar-refractivity contribution in [3.8, 4) is 0 Å². The van der Waals surface area contributed by atoms with Crippen molar-refractivity contribution >= 4 is 23.7 Å². The predicted octanol–water partition coefficient (Wildman–Crippen LogP) is 3.58. The van der Waals surface area contributed by atoms with Crippen LogP contribution in [0.1, 0.15) is 31.2 Å². The summed E-state index contributed by atoms with van der Waals surface area (Å²) in [5.41, 5.74) is 1.09. The van der Waals surface area contributed by atoms with Gasteiger partial charge in [0.2, 0.25) is 5.91 Å². The smallest absolute Gasteiger partial charge is 0.247 e. The Labute approximate surface area is 125 Å². The van der Waals surface area contributed by atoms with Crippen LogP contribution < -0.4 is 0 Å². The molecule has 0 N–H and O–H groups in total. The lowest BCUT2D eigenvalue weighted by Crippen LogP contribution is -2.46. The van der Waals surface area contributed by atoms with Gasteiger partial charge in [0.25, 0.3) is 0 Å². The molecule has 20 heavy (non-hydrogen) atoms. The number of hydrogen-bond donors (Lipinski definition) is 0. The van der Waals surface area contributed by atoms with Crippen LogP contribution in [0.3, 0.4) is 0 Å². The molecule has 3 atom stereocenters. The van der Waals surface area contributed by atoms with E-state index in [-0.39, 0.29) is 5.91 Å². The highest BCUT2D eigenvalue weighted by molar-refractivity contribution is 7.99. The van der Waals surface area contributed by atoms with Crippen molar-refractivity contribution < 1.29 is 4.79 Å². The van der Waals surface area contributed by atoms with Crippen molar-refractivity contribution in [2.24, 2.45) is 0 Å². The Kier molecular flexibility index (Phi) is 4.16. The molecule has 3 heteroatoms. The zero-order chi connectivity index (χ0) is 13.9. The maximum absolute atomic E-state index is 12.5. The van der Waals surface area contributed by atoms with Gasteiger partial charge in [0, 0.05) is 23.4 Å². The molecule has 0 aliphatic carbocycles. The Morgan fingerprint density at radius 3 is 2.45 bits per heavy atom. The van der Waals surface area contributed by atoms with E-state index < -0.39 is 0 Å². The maximum atomic E-state index is 12.5. The average Bonchev–Trinajstić information content (AvgIpc) is 2.76. The van der Waals surface area contributed by atoms with Gasteiger partial charge in [-0.05, 0) is 43.6 Å². The van der Waals surface area contributed by atoms with Crippen LogP contribution in [0.5, 0.6) is 0 Å². The van der Waals surface area contributed by atoms with Gasteiger partial charge < -0.3 is 4.90 Å². The second-order valence-corrected chi connectivity index (χ2v) is 6.84. The van der Waals surface area contributed by atoms with Crippen molar-refractivity contribution in [2.75, 3.05) is 6.26 Å². The highest BCUT2D eigenvalue weighted by Crippen LogP contribution is 2.39. The number of amides is 1. The zero-order valence-corrected chi connectivity index (χ0v) is 12.7. The maximum Gasteiger partial charge on any atom is 0.247 e. The van der Waals surface area contributed by atoms with E-state index in [1.165, 1.54) is 25.7 Å². The van der Waals surface area contributed by atoms with E-state index in [1.807, 2.05) is 48.2 Å². The van der Waals surface area contributed by atoms with Gasteiger partial charge in [0.15, 0.2) is 0 Å². The minimum atomic E-state index is 0.195. The van der Waals surface area contributed by atoms with E-state index in [9.17, 15) is 4.79 Å². The van der Waals surface area contributed by atoms with Gasteiger partial charge in [-0.3, -0.25) is 4.79 Å². The quantitative estimate of drug-likeness (QED) is 0.792. The standard InChI is InChI=1S/C17H21NOS/c1-20-16-11-14-8-9-15(12-16)18(14)17(19)10-7-13-5-3-2-4-6-13/h2-7,10,14-16H,8-9,11-12H2,1H3/b10-7+/t14-,15+,16?. The number of hydrogen-bond acceptors (Lipinski definition) is 2. The molecule has 2 fully saturated rings. The molecule has 0 saturated carbocycles. The molecule has 2 saturated heterocycles. The molecule has 2 nitrogen and oxygen atoms in total. The second kappa shape index (κ2) is 6.04. The number of carbonyl (C=O) groups is 1. The molecule has 1 aromatic carbocycles. The second-order valence-electron chi connectivity index (χ2n) is 5.70. The van der Waals surface area contributed by atoms with Crippen LogP contribution in [0, 0.1) is 0 Å². The lowest BCUT2D eigenvalue weighted by molar-refractivity contribution is -0.129. The van der Waals surface area contributed by atoms with Crippen molar-refractivity contribution in [1.29, 1.82) is 0 Å². The number of carbonyl (C=O) groups excluding carboxylic acids is 1. The molecule has 2 aliphatic heterocycles. The first-order valence-corrected chi connectivity index (χ1v) is 8.65. The first kappa shape index (κ1) is 13.7. The van der Waals surface area contributed by atoms with Crippen LogP contribution >= 0.6 is 11.8 Å². The number of piperidine rings is 1. The first-order chi connectivity index (χ1) is 9.78. The van der Waals surface area contributed by atoms with Gasteiger partial charge in [-0.1, -0.05) is 30.3 Å². The molecule has 0 radical (unpaired) electrons. The number of rotatable bonds is 3. The lowest BCUT2D eigenvalue weighted by Gasteiger charge is -2.37. The van der Waals surface area contributed by atoms with E-state index in [1.54, 1.807) is 6.08 Å². The van der Waals surface area contributed by atoms with Crippen LogP contribution in [0.4, 0.5) is 0 Å². The minimum Gasteiger partial charge on any atom is -0.333 e. The van der Waals surface area contributed by atoms with Crippen molar-refractivity contribution in [2.45, 2.75) is 43.0 Å². The fourth-order valence-electron chi connectivity index (χ4n) is 3.50. The zero-order valence-electron chi connectivity index (χ0n) is 11.9.